The third kappa shape index (κ3) is 2.72. The first-order chi connectivity index (χ1) is 7.14. The summed E-state index contributed by atoms with van der Waals surface area (Å²) >= 11 is 0. The molecule has 0 bridgehead atoms. The van der Waals surface area contributed by atoms with Crippen LogP contribution < -0.4 is 4.74 Å². The number of nitrogens with zero attached hydrogens (tertiary/aromatic N) is 1. The molecule has 0 amide bonds. The zero-order chi connectivity index (χ0) is 11.3. The second-order valence-electron chi connectivity index (χ2n) is 3.96. The van der Waals surface area contributed by atoms with E-state index in [2.05, 4.69) is 32.8 Å². The summed E-state index contributed by atoms with van der Waals surface area (Å²) < 4.78 is 6.09. The molecule has 0 saturated carbocycles. The van der Waals surface area contributed by atoms with Gasteiger partial charge < -0.3 is 4.74 Å². The Bertz CT molecular complexity index is 278. The van der Waals surface area contributed by atoms with Crippen molar-refractivity contribution in [1.29, 1.82) is 0 Å². The summed E-state index contributed by atoms with van der Waals surface area (Å²) in [4.78, 5) is 2.15. The van der Waals surface area contributed by atoms with Crippen LogP contribution in [0, 0.1) is 0 Å². The van der Waals surface area contributed by atoms with Crippen molar-refractivity contribution in [3.05, 3.63) is 30.3 Å². The van der Waals surface area contributed by atoms with Crippen LogP contribution in [0.3, 0.4) is 0 Å². The maximum Gasteiger partial charge on any atom is 0.162 e. The molecular weight excluding hydrogens is 186 g/mol. The summed E-state index contributed by atoms with van der Waals surface area (Å²) in [6.07, 6.45) is 1.96. The van der Waals surface area contributed by atoms with E-state index in [0.717, 1.165) is 18.6 Å². The Morgan fingerprint density at radius 3 is 2.00 bits per heavy atom. The second kappa shape index (κ2) is 5.17. The minimum absolute atomic E-state index is 0.179. The van der Waals surface area contributed by atoms with Gasteiger partial charge in [0.2, 0.25) is 0 Å². The lowest BCUT2D eigenvalue weighted by Gasteiger charge is -2.38. The molecule has 15 heavy (non-hydrogen) atoms. The van der Waals surface area contributed by atoms with Crippen LogP contribution >= 0.6 is 0 Å². The molecule has 0 fully saturated rings. The van der Waals surface area contributed by atoms with Crippen molar-refractivity contribution < 1.29 is 4.74 Å². The Labute approximate surface area is 92.9 Å². The standard InChI is InChI=1S/C13H21NO/c1-5-13(6-2,14(3)4)15-12-10-8-7-9-11-12/h7-11H,5-6H2,1-4H3. The Kier molecular flexibility index (Phi) is 4.15. The average Bonchev–Trinajstić information content (AvgIpc) is 2.27. The van der Waals surface area contributed by atoms with Gasteiger partial charge >= 0.3 is 0 Å². The molecule has 2 heteroatoms. The molecule has 0 N–H and O–H groups in total. The Morgan fingerprint density at radius 2 is 1.60 bits per heavy atom. The van der Waals surface area contributed by atoms with Crippen molar-refractivity contribution in [1.82, 2.24) is 4.90 Å². The monoisotopic (exact) mass is 207 g/mol. The van der Waals surface area contributed by atoms with Crippen LogP contribution in [0.25, 0.3) is 0 Å². The van der Waals surface area contributed by atoms with Crippen LogP contribution in [0.5, 0.6) is 5.75 Å². The van der Waals surface area contributed by atoms with E-state index >= 15 is 0 Å². The van der Waals surface area contributed by atoms with Crippen molar-refractivity contribution in [2.45, 2.75) is 32.4 Å². The van der Waals surface area contributed by atoms with E-state index in [4.69, 9.17) is 4.74 Å². The third-order valence-corrected chi connectivity index (χ3v) is 2.97. The van der Waals surface area contributed by atoms with E-state index in [0.29, 0.717) is 0 Å². The van der Waals surface area contributed by atoms with Gasteiger partial charge in [-0.1, -0.05) is 32.0 Å². The molecule has 1 aromatic carbocycles. The first-order valence-corrected chi connectivity index (χ1v) is 5.56. The minimum Gasteiger partial charge on any atom is -0.473 e. The number of hydrogen-bond acceptors (Lipinski definition) is 2. The highest BCUT2D eigenvalue weighted by atomic mass is 16.5. The molecule has 0 radical (unpaired) electrons. The molecule has 0 heterocycles. The summed E-state index contributed by atoms with van der Waals surface area (Å²) in [7, 11) is 4.13. The first-order valence-electron chi connectivity index (χ1n) is 5.56. The lowest BCUT2D eigenvalue weighted by atomic mass is 10.1. The smallest absolute Gasteiger partial charge is 0.162 e. The molecule has 0 aliphatic carbocycles. The first kappa shape index (κ1) is 12.1. The van der Waals surface area contributed by atoms with Crippen molar-refractivity contribution in [3.63, 3.8) is 0 Å². The fourth-order valence-electron chi connectivity index (χ4n) is 1.83. The molecule has 0 spiro atoms. The maximum absolute atomic E-state index is 6.09. The van der Waals surface area contributed by atoms with Gasteiger partial charge in [-0.3, -0.25) is 4.90 Å². The largest absolute Gasteiger partial charge is 0.473 e. The lowest BCUT2D eigenvalue weighted by molar-refractivity contribution is -0.0636. The molecule has 1 rings (SSSR count). The van der Waals surface area contributed by atoms with Gasteiger partial charge in [0.05, 0.1) is 0 Å². The van der Waals surface area contributed by atoms with Gasteiger partial charge in [-0.2, -0.15) is 0 Å². The molecule has 84 valence electrons. The molecule has 0 aliphatic heterocycles. The number of rotatable bonds is 5. The summed E-state index contributed by atoms with van der Waals surface area (Å²) in [5.74, 6) is 0.940. The Hall–Kier alpha value is -1.02. The van der Waals surface area contributed by atoms with Crippen molar-refractivity contribution in [3.8, 4) is 5.75 Å². The van der Waals surface area contributed by atoms with Gasteiger partial charge in [0, 0.05) is 0 Å². The summed E-state index contributed by atoms with van der Waals surface area (Å²) in [5, 5.41) is 0. The van der Waals surface area contributed by atoms with Gasteiger partial charge in [0.1, 0.15) is 5.75 Å². The molecule has 0 unspecified atom stereocenters. The van der Waals surface area contributed by atoms with Gasteiger partial charge in [-0.15, -0.1) is 0 Å². The Morgan fingerprint density at radius 1 is 1.07 bits per heavy atom. The van der Waals surface area contributed by atoms with Gasteiger partial charge in [0.25, 0.3) is 0 Å². The zero-order valence-corrected chi connectivity index (χ0v) is 10.2. The highest BCUT2D eigenvalue weighted by Crippen LogP contribution is 2.26. The van der Waals surface area contributed by atoms with Crippen LogP contribution in [0.4, 0.5) is 0 Å². The number of ether oxygens (including phenoxy) is 1. The molecule has 2 nitrogen and oxygen atoms in total. The normalized spacial score (nSPS) is 11.8. The van der Waals surface area contributed by atoms with Crippen molar-refractivity contribution in [2.24, 2.45) is 0 Å². The summed E-state index contributed by atoms with van der Waals surface area (Å²) in [6.45, 7) is 4.32. The fourth-order valence-corrected chi connectivity index (χ4v) is 1.83. The van der Waals surface area contributed by atoms with Crippen molar-refractivity contribution >= 4 is 0 Å². The minimum atomic E-state index is -0.179. The predicted molar refractivity (Wildman–Crippen MR) is 64.1 cm³/mol. The topological polar surface area (TPSA) is 12.5 Å². The van der Waals surface area contributed by atoms with Crippen LogP contribution in [-0.2, 0) is 0 Å². The van der Waals surface area contributed by atoms with E-state index in [1.54, 1.807) is 0 Å². The SMILES string of the molecule is CCC(CC)(Oc1ccccc1)N(C)C. The lowest BCUT2D eigenvalue weighted by Crippen LogP contribution is -2.48. The highest BCUT2D eigenvalue weighted by Gasteiger charge is 2.30. The molecular formula is C13H21NO. The maximum atomic E-state index is 6.09. The van der Waals surface area contributed by atoms with Crippen molar-refractivity contribution in [2.75, 3.05) is 14.1 Å². The van der Waals surface area contributed by atoms with Gasteiger partial charge in [-0.25, -0.2) is 0 Å². The van der Waals surface area contributed by atoms with Crippen LogP contribution in [0.15, 0.2) is 30.3 Å². The number of benzene rings is 1. The van der Waals surface area contributed by atoms with E-state index < -0.39 is 0 Å². The molecule has 0 aliphatic rings. The number of para-hydroxylation sites is 1. The van der Waals surface area contributed by atoms with Crippen LogP contribution in [0.1, 0.15) is 26.7 Å². The summed E-state index contributed by atoms with van der Waals surface area (Å²) in [5.41, 5.74) is -0.179. The second-order valence-corrected chi connectivity index (χ2v) is 3.96. The molecule has 0 aromatic heterocycles. The fraction of sp³-hybridized carbons (Fsp3) is 0.538. The predicted octanol–water partition coefficient (Wildman–Crippen LogP) is 3.14. The summed E-state index contributed by atoms with van der Waals surface area (Å²) in [6, 6.07) is 10.0. The van der Waals surface area contributed by atoms with E-state index in [-0.39, 0.29) is 5.72 Å². The third-order valence-electron chi connectivity index (χ3n) is 2.97. The van der Waals surface area contributed by atoms with E-state index in [9.17, 15) is 0 Å². The average molecular weight is 207 g/mol. The molecule has 1 aromatic rings. The zero-order valence-electron chi connectivity index (χ0n) is 10.2. The van der Waals surface area contributed by atoms with E-state index in [1.165, 1.54) is 0 Å². The van der Waals surface area contributed by atoms with Gasteiger partial charge in [0.15, 0.2) is 5.72 Å². The van der Waals surface area contributed by atoms with Crippen LogP contribution in [0.2, 0.25) is 0 Å². The number of hydrogen-bond donors (Lipinski definition) is 0. The van der Waals surface area contributed by atoms with E-state index in [1.807, 2.05) is 30.3 Å². The van der Waals surface area contributed by atoms with Gasteiger partial charge in [-0.05, 0) is 39.1 Å². The highest BCUT2D eigenvalue weighted by molar-refractivity contribution is 5.21. The molecule has 0 saturated heterocycles. The quantitative estimate of drug-likeness (QED) is 0.688. The molecule has 0 atom stereocenters. The van der Waals surface area contributed by atoms with Crippen LogP contribution in [-0.4, -0.2) is 24.7 Å². The Balaban J connectivity index is 2.84.